The van der Waals surface area contributed by atoms with E-state index in [9.17, 15) is 4.79 Å². The number of aryl methyl sites for hydroxylation is 1. The fourth-order valence-corrected chi connectivity index (χ4v) is 3.28. The summed E-state index contributed by atoms with van der Waals surface area (Å²) in [7, 11) is 4.98. The van der Waals surface area contributed by atoms with Crippen LogP contribution < -0.4 is 15.2 Å². The van der Waals surface area contributed by atoms with Crippen molar-refractivity contribution in [2.24, 2.45) is 7.05 Å². The minimum Gasteiger partial charge on any atom is -0.493 e. The first-order valence-electron chi connectivity index (χ1n) is 7.29. The molecule has 0 aliphatic heterocycles. The Morgan fingerprint density at radius 1 is 1.19 bits per heavy atom. The Labute approximate surface area is 123 Å². The van der Waals surface area contributed by atoms with E-state index in [1.54, 1.807) is 25.8 Å². The summed E-state index contributed by atoms with van der Waals surface area (Å²) in [5.41, 5.74) is 1.49. The highest BCUT2D eigenvalue weighted by molar-refractivity contribution is 5.90. The molecule has 1 fully saturated rings. The lowest BCUT2D eigenvalue weighted by molar-refractivity contribution is 0.358. The molecule has 112 valence electrons. The Morgan fingerprint density at radius 2 is 1.90 bits per heavy atom. The molecule has 21 heavy (non-hydrogen) atoms. The minimum absolute atomic E-state index is 0.211. The Kier molecular flexibility index (Phi) is 3.57. The van der Waals surface area contributed by atoms with E-state index in [4.69, 9.17) is 9.47 Å². The molecule has 1 heterocycles. The Balaban J connectivity index is 2.39. The van der Waals surface area contributed by atoms with E-state index >= 15 is 0 Å². The monoisotopic (exact) mass is 288 g/mol. The van der Waals surface area contributed by atoms with E-state index in [-0.39, 0.29) is 5.69 Å². The summed E-state index contributed by atoms with van der Waals surface area (Å²) >= 11 is 0. The standard InChI is InChI=1S/C16H20N2O3/c1-18-11-8-9-12(20-2)15(21-3)13(11)14(17-16(18)19)10-6-4-5-7-10/h8-10H,4-7H2,1-3H3. The second-order valence-electron chi connectivity index (χ2n) is 5.52. The van der Waals surface area contributed by atoms with Crippen molar-refractivity contribution in [3.63, 3.8) is 0 Å². The van der Waals surface area contributed by atoms with Gasteiger partial charge >= 0.3 is 5.69 Å². The van der Waals surface area contributed by atoms with Crippen molar-refractivity contribution in [2.75, 3.05) is 14.2 Å². The summed E-state index contributed by atoms with van der Waals surface area (Å²) < 4.78 is 12.5. The van der Waals surface area contributed by atoms with Crippen LogP contribution in [0.25, 0.3) is 10.9 Å². The maximum absolute atomic E-state index is 12.1. The number of hydrogen-bond donors (Lipinski definition) is 0. The maximum Gasteiger partial charge on any atom is 0.348 e. The van der Waals surface area contributed by atoms with Crippen LogP contribution in [0.5, 0.6) is 11.5 Å². The van der Waals surface area contributed by atoms with Gasteiger partial charge in [0, 0.05) is 13.0 Å². The van der Waals surface area contributed by atoms with Crippen molar-refractivity contribution in [1.82, 2.24) is 9.55 Å². The van der Waals surface area contributed by atoms with Crippen LogP contribution in [0.2, 0.25) is 0 Å². The van der Waals surface area contributed by atoms with Gasteiger partial charge in [-0.3, -0.25) is 4.57 Å². The molecule has 0 bridgehead atoms. The summed E-state index contributed by atoms with van der Waals surface area (Å²) in [6.07, 6.45) is 4.54. The molecular weight excluding hydrogens is 268 g/mol. The first-order chi connectivity index (χ1) is 10.2. The van der Waals surface area contributed by atoms with Crippen LogP contribution in [0, 0.1) is 0 Å². The number of hydrogen-bond acceptors (Lipinski definition) is 4. The summed E-state index contributed by atoms with van der Waals surface area (Å²) in [5, 5.41) is 0.908. The van der Waals surface area contributed by atoms with Gasteiger partial charge in [-0.15, -0.1) is 0 Å². The van der Waals surface area contributed by atoms with E-state index < -0.39 is 0 Å². The number of nitrogens with zero attached hydrogens (tertiary/aromatic N) is 2. The van der Waals surface area contributed by atoms with Gasteiger partial charge in [0.2, 0.25) is 0 Å². The van der Waals surface area contributed by atoms with Gasteiger partial charge in [-0.2, -0.15) is 4.98 Å². The highest BCUT2D eigenvalue weighted by atomic mass is 16.5. The summed E-state index contributed by atoms with van der Waals surface area (Å²) in [6.45, 7) is 0. The molecular formula is C16H20N2O3. The largest absolute Gasteiger partial charge is 0.493 e. The number of benzene rings is 1. The van der Waals surface area contributed by atoms with Gasteiger partial charge in [-0.25, -0.2) is 4.79 Å². The third-order valence-electron chi connectivity index (χ3n) is 4.39. The lowest BCUT2D eigenvalue weighted by atomic mass is 9.98. The van der Waals surface area contributed by atoms with Gasteiger partial charge in [-0.1, -0.05) is 12.8 Å². The Bertz CT molecular complexity index is 730. The Hall–Kier alpha value is -2.04. The van der Waals surface area contributed by atoms with Gasteiger partial charge in [-0.05, 0) is 25.0 Å². The molecule has 1 aliphatic carbocycles. The molecule has 2 aromatic rings. The van der Waals surface area contributed by atoms with Crippen molar-refractivity contribution < 1.29 is 9.47 Å². The molecule has 3 rings (SSSR count). The van der Waals surface area contributed by atoms with Gasteiger partial charge < -0.3 is 9.47 Å². The third kappa shape index (κ3) is 2.17. The molecule has 0 N–H and O–H groups in total. The number of rotatable bonds is 3. The van der Waals surface area contributed by atoms with Gasteiger partial charge in [0.05, 0.1) is 30.8 Å². The molecule has 5 heteroatoms. The minimum atomic E-state index is -0.211. The maximum atomic E-state index is 12.1. The summed E-state index contributed by atoms with van der Waals surface area (Å²) in [6, 6.07) is 3.73. The molecule has 1 aromatic carbocycles. The highest BCUT2D eigenvalue weighted by Crippen LogP contribution is 2.42. The van der Waals surface area contributed by atoms with Crippen molar-refractivity contribution in [3.8, 4) is 11.5 Å². The van der Waals surface area contributed by atoms with E-state index in [1.165, 1.54) is 12.8 Å². The van der Waals surface area contributed by atoms with E-state index in [0.717, 1.165) is 29.4 Å². The van der Waals surface area contributed by atoms with Crippen molar-refractivity contribution in [2.45, 2.75) is 31.6 Å². The van der Waals surface area contributed by atoms with Gasteiger partial charge in [0.25, 0.3) is 0 Å². The first-order valence-corrected chi connectivity index (χ1v) is 7.29. The molecule has 0 radical (unpaired) electrons. The van der Waals surface area contributed by atoms with Crippen LogP contribution in [0.1, 0.15) is 37.3 Å². The molecule has 0 atom stereocenters. The van der Waals surface area contributed by atoms with Crippen molar-refractivity contribution >= 4 is 10.9 Å². The van der Waals surface area contributed by atoms with E-state index in [0.29, 0.717) is 17.4 Å². The fourth-order valence-electron chi connectivity index (χ4n) is 3.28. The van der Waals surface area contributed by atoms with Crippen molar-refractivity contribution in [3.05, 3.63) is 28.3 Å². The molecule has 1 aliphatic rings. The lowest BCUT2D eigenvalue weighted by Crippen LogP contribution is -2.23. The zero-order valence-electron chi connectivity index (χ0n) is 12.7. The van der Waals surface area contributed by atoms with Crippen LogP contribution in [0.15, 0.2) is 16.9 Å². The molecule has 0 spiro atoms. The molecule has 0 unspecified atom stereocenters. The number of fused-ring (bicyclic) bond motifs is 1. The smallest absolute Gasteiger partial charge is 0.348 e. The van der Waals surface area contributed by atoms with Crippen LogP contribution >= 0.6 is 0 Å². The zero-order valence-corrected chi connectivity index (χ0v) is 12.7. The van der Waals surface area contributed by atoms with Gasteiger partial charge in [0.15, 0.2) is 11.5 Å². The number of ether oxygens (including phenoxy) is 2. The van der Waals surface area contributed by atoms with Crippen molar-refractivity contribution in [1.29, 1.82) is 0 Å². The average molecular weight is 288 g/mol. The predicted molar refractivity (Wildman–Crippen MR) is 81.3 cm³/mol. The number of aromatic nitrogens is 2. The Morgan fingerprint density at radius 3 is 2.52 bits per heavy atom. The third-order valence-corrected chi connectivity index (χ3v) is 4.39. The topological polar surface area (TPSA) is 53.3 Å². The first kappa shape index (κ1) is 13.9. The van der Waals surface area contributed by atoms with Crippen LogP contribution in [-0.2, 0) is 7.05 Å². The SMILES string of the molecule is COc1ccc2c(c(C3CCCC3)nc(=O)n2C)c1OC. The quantitative estimate of drug-likeness (QED) is 0.871. The molecule has 5 nitrogen and oxygen atoms in total. The second-order valence-corrected chi connectivity index (χ2v) is 5.52. The summed E-state index contributed by atoms with van der Waals surface area (Å²) in [5.74, 6) is 1.67. The fraction of sp³-hybridized carbons (Fsp3) is 0.500. The number of methoxy groups -OCH3 is 2. The summed E-state index contributed by atoms with van der Waals surface area (Å²) in [4.78, 5) is 16.5. The highest BCUT2D eigenvalue weighted by Gasteiger charge is 2.25. The predicted octanol–water partition coefficient (Wildman–Crippen LogP) is 2.61. The van der Waals surface area contributed by atoms with Crippen LogP contribution in [0.3, 0.4) is 0 Å². The second kappa shape index (κ2) is 5.39. The molecule has 0 saturated heterocycles. The van der Waals surface area contributed by atoms with Gasteiger partial charge in [0.1, 0.15) is 0 Å². The molecule has 0 amide bonds. The molecule has 1 saturated carbocycles. The normalized spacial score (nSPS) is 15.6. The lowest BCUT2D eigenvalue weighted by Gasteiger charge is -2.18. The molecule has 1 aromatic heterocycles. The van der Waals surface area contributed by atoms with E-state index in [2.05, 4.69) is 4.98 Å². The van der Waals surface area contributed by atoms with Crippen LogP contribution in [0.4, 0.5) is 0 Å². The van der Waals surface area contributed by atoms with Crippen LogP contribution in [-0.4, -0.2) is 23.8 Å². The zero-order chi connectivity index (χ0) is 15.0. The average Bonchev–Trinajstić information content (AvgIpc) is 3.03. The van der Waals surface area contributed by atoms with E-state index in [1.807, 2.05) is 12.1 Å².